The Balaban J connectivity index is 4.39. The lowest BCUT2D eigenvalue weighted by atomic mass is 9.75. The van der Waals surface area contributed by atoms with Crippen LogP contribution in [0.25, 0.3) is 0 Å². The molecular formula is C15H34N2. The second-order valence-electron chi connectivity index (χ2n) is 6.59. The van der Waals surface area contributed by atoms with Crippen LogP contribution in [-0.4, -0.2) is 30.1 Å². The van der Waals surface area contributed by atoms with Crippen molar-refractivity contribution in [1.82, 2.24) is 4.90 Å². The van der Waals surface area contributed by atoms with Crippen molar-refractivity contribution in [3.8, 4) is 0 Å². The summed E-state index contributed by atoms with van der Waals surface area (Å²) in [5, 5.41) is 0. The van der Waals surface area contributed by atoms with Gasteiger partial charge in [0.15, 0.2) is 0 Å². The van der Waals surface area contributed by atoms with E-state index < -0.39 is 0 Å². The molecule has 0 aliphatic rings. The molecule has 0 saturated heterocycles. The van der Waals surface area contributed by atoms with Gasteiger partial charge in [-0.2, -0.15) is 0 Å². The highest BCUT2D eigenvalue weighted by Gasteiger charge is 2.34. The van der Waals surface area contributed by atoms with Crippen LogP contribution in [0, 0.1) is 5.41 Å². The summed E-state index contributed by atoms with van der Waals surface area (Å²) < 4.78 is 0. The molecule has 0 bridgehead atoms. The fourth-order valence-corrected chi connectivity index (χ4v) is 1.80. The first kappa shape index (κ1) is 16.9. The molecule has 17 heavy (non-hydrogen) atoms. The van der Waals surface area contributed by atoms with Gasteiger partial charge in [-0.15, -0.1) is 0 Å². The molecule has 0 radical (unpaired) electrons. The number of rotatable bonds is 9. The van der Waals surface area contributed by atoms with Crippen molar-refractivity contribution in [1.29, 1.82) is 0 Å². The van der Waals surface area contributed by atoms with E-state index in [2.05, 4.69) is 46.4 Å². The molecular weight excluding hydrogens is 208 g/mol. The van der Waals surface area contributed by atoms with Gasteiger partial charge >= 0.3 is 0 Å². The minimum atomic E-state index is -0.121. The standard InChI is InChI=1S/C15H34N2/c1-7-9-11-17(12-10-8-2)13-14(3,4)15(5,6)16/h7-13,16H2,1-6H3. The Morgan fingerprint density at radius 3 is 1.59 bits per heavy atom. The number of unbranched alkanes of at least 4 members (excludes halogenated alkanes) is 2. The van der Waals surface area contributed by atoms with Crippen LogP contribution in [0.15, 0.2) is 0 Å². The van der Waals surface area contributed by atoms with Crippen LogP contribution in [0.2, 0.25) is 0 Å². The van der Waals surface area contributed by atoms with E-state index in [9.17, 15) is 0 Å². The summed E-state index contributed by atoms with van der Waals surface area (Å²) >= 11 is 0. The number of hydrogen-bond acceptors (Lipinski definition) is 2. The van der Waals surface area contributed by atoms with E-state index in [1.54, 1.807) is 0 Å². The van der Waals surface area contributed by atoms with Crippen LogP contribution in [0.4, 0.5) is 0 Å². The van der Waals surface area contributed by atoms with E-state index in [0.717, 1.165) is 6.54 Å². The zero-order valence-corrected chi connectivity index (χ0v) is 13.0. The second-order valence-corrected chi connectivity index (χ2v) is 6.59. The quantitative estimate of drug-likeness (QED) is 0.668. The Labute approximate surface area is 109 Å². The summed E-state index contributed by atoms with van der Waals surface area (Å²) in [6, 6.07) is 0. The summed E-state index contributed by atoms with van der Waals surface area (Å²) in [7, 11) is 0. The van der Waals surface area contributed by atoms with Crippen molar-refractivity contribution >= 4 is 0 Å². The van der Waals surface area contributed by atoms with E-state index in [-0.39, 0.29) is 11.0 Å². The molecule has 104 valence electrons. The molecule has 0 aromatic heterocycles. The molecule has 0 heterocycles. The van der Waals surface area contributed by atoms with E-state index >= 15 is 0 Å². The van der Waals surface area contributed by atoms with Gasteiger partial charge in [-0.3, -0.25) is 0 Å². The van der Waals surface area contributed by atoms with Gasteiger partial charge in [-0.25, -0.2) is 0 Å². The topological polar surface area (TPSA) is 29.3 Å². The molecule has 2 N–H and O–H groups in total. The molecule has 0 aromatic rings. The normalized spacial score (nSPS) is 13.4. The highest BCUT2D eigenvalue weighted by Crippen LogP contribution is 2.29. The highest BCUT2D eigenvalue weighted by molar-refractivity contribution is 4.92. The molecule has 0 rings (SSSR count). The number of nitrogens with two attached hydrogens (primary N) is 1. The average Bonchev–Trinajstić information content (AvgIpc) is 2.20. The SMILES string of the molecule is CCCCN(CCCC)CC(C)(C)C(C)(C)N. The van der Waals surface area contributed by atoms with Crippen molar-refractivity contribution in [2.24, 2.45) is 11.1 Å². The van der Waals surface area contributed by atoms with E-state index in [1.165, 1.54) is 38.8 Å². The maximum atomic E-state index is 6.29. The maximum Gasteiger partial charge on any atom is 0.0161 e. The molecule has 0 unspecified atom stereocenters. The lowest BCUT2D eigenvalue weighted by Crippen LogP contribution is -2.53. The highest BCUT2D eigenvalue weighted by atomic mass is 15.1. The Kier molecular flexibility index (Phi) is 7.34. The van der Waals surface area contributed by atoms with Crippen molar-refractivity contribution in [3.63, 3.8) is 0 Å². The molecule has 2 heteroatoms. The summed E-state index contributed by atoms with van der Waals surface area (Å²) in [6.07, 6.45) is 5.14. The molecule has 0 spiro atoms. The molecule has 2 nitrogen and oxygen atoms in total. The van der Waals surface area contributed by atoms with Gasteiger partial charge < -0.3 is 10.6 Å². The summed E-state index contributed by atoms with van der Waals surface area (Å²) in [5.74, 6) is 0. The average molecular weight is 242 g/mol. The fraction of sp³-hybridized carbons (Fsp3) is 1.00. The van der Waals surface area contributed by atoms with Crippen LogP contribution in [0.5, 0.6) is 0 Å². The first-order valence-corrected chi connectivity index (χ1v) is 7.26. The van der Waals surface area contributed by atoms with Crippen LogP contribution in [-0.2, 0) is 0 Å². The Morgan fingerprint density at radius 1 is 0.882 bits per heavy atom. The third-order valence-electron chi connectivity index (χ3n) is 4.02. The van der Waals surface area contributed by atoms with Gasteiger partial charge in [-0.05, 0) is 45.2 Å². The summed E-state index contributed by atoms with van der Waals surface area (Å²) in [4.78, 5) is 2.60. The van der Waals surface area contributed by atoms with E-state index in [1.807, 2.05) is 0 Å². The first-order chi connectivity index (χ1) is 7.74. The smallest absolute Gasteiger partial charge is 0.0161 e. The Morgan fingerprint density at radius 2 is 1.29 bits per heavy atom. The predicted molar refractivity (Wildman–Crippen MR) is 78.3 cm³/mol. The lowest BCUT2D eigenvalue weighted by Gasteiger charge is -2.42. The molecule has 0 aliphatic heterocycles. The van der Waals surface area contributed by atoms with Crippen molar-refractivity contribution < 1.29 is 0 Å². The van der Waals surface area contributed by atoms with Crippen molar-refractivity contribution in [3.05, 3.63) is 0 Å². The monoisotopic (exact) mass is 242 g/mol. The van der Waals surface area contributed by atoms with Crippen LogP contribution in [0.1, 0.15) is 67.2 Å². The van der Waals surface area contributed by atoms with Gasteiger partial charge in [0.1, 0.15) is 0 Å². The summed E-state index contributed by atoms with van der Waals surface area (Å²) in [6.45, 7) is 16.9. The van der Waals surface area contributed by atoms with Gasteiger partial charge in [0.2, 0.25) is 0 Å². The van der Waals surface area contributed by atoms with Crippen LogP contribution in [0.3, 0.4) is 0 Å². The molecule has 0 atom stereocenters. The number of nitrogens with zero attached hydrogens (tertiary/aromatic N) is 1. The second kappa shape index (κ2) is 7.38. The van der Waals surface area contributed by atoms with Crippen molar-refractivity contribution in [2.75, 3.05) is 19.6 Å². The largest absolute Gasteiger partial charge is 0.325 e. The zero-order chi connectivity index (χ0) is 13.5. The third-order valence-corrected chi connectivity index (χ3v) is 4.02. The first-order valence-electron chi connectivity index (χ1n) is 7.26. The molecule has 0 saturated carbocycles. The fourth-order valence-electron chi connectivity index (χ4n) is 1.80. The molecule has 0 aromatic carbocycles. The summed E-state index contributed by atoms with van der Waals surface area (Å²) in [5.41, 5.74) is 6.33. The Bertz CT molecular complexity index is 184. The van der Waals surface area contributed by atoms with Gasteiger partial charge in [-0.1, -0.05) is 40.5 Å². The predicted octanol–water partition coefficient (Wildman–Crippen LogP) is 3.65. The molecule has 0 amide bonds. The molecule has 0 fully saturated rings. The minimum absolute atomic E-state index is 0.121. The Hall–Kier alpha value is -0.0800. The maximum absolute atomic E-state index is 6.29. The van der Waals surface area contributed by atoms with E-state index in [4.69, 9.17) is 5.73 Å². The van der Waals surface area contributed by atoms with E-state index in [0.29, 0.717) is 0 Å². The van der Waals surface area contributed by atoms with Crippen LogP contribution >= 0.6 is 0 Å². The lowest BCUT2D eigenvalue weighted by molar-refractivity contribution is 0.111. The molecule has 0 aliphatic carbocycles. The third kappa shape index (κ3) is 6.42. The minimum Gasteiger partial charge on any atom is -0.325 e. The van der Waals surface area contributed by atoms with Gasteiger partial charge in [0.25, 0.3) is 0 Å². The van der Waals surface area contributed by atoms with Crippen molar-refractivity contribution in [2.45, 2.75) is 72.8 Å². The zero-order valence-electron chi connectivity index (χ0n) is 13.0. The van der Waals surface area contributed by atoms with Gasteiger partial charge in [0.05, 0.1) is 0 Å². The number of hydrogen-bond donors (Lipinski definition) is 1. The van der Waals surface area contributed by atoms with Crippen LogP contribution < -0.4 is 5.73 Å². The van der Waals surface area contributed by atoms with Gasteiger partial charge in [0, 0.05) is 12.1 Å².